The molecule has 2 heteroatoms. The maximum atomic E-state index is 10.6. The second kappa shape index (κ2) is 4.79. The lowest BCUT2D eigenvalue weighted by molar-refractivity contribution is 0.243. The molecule has 0 aliphatic heterocycles. The average Bonchev–Trinajstić information content (AvgIpc) is 2.26. The lowest BCUT2D eigenvalue weighted by Crippen LogP contribution is -2.44. The van der Waals surface area contributed by atoms with Crippen molar-refractivity contribution in [1.82, 2.24) is 0 Å². The van der Waals surface area contributed by atoms with Crippen LogP contribution in [0.3, 0.4) is 0 Å². The maximum Gasteiger partial charge on any atom is 0.0922 e. The van der Waals surface area contributed by atoms with E-state index in [0.717, 1.165) is 11.1 Å². The molecule has 1 N–H and O–H groups in total. The molecule has 1 aromatic carbocycles. The van der Waals surface area contributed by atoms with E-state index in [1.165, 1.54) is 0 Å². The second-order valence-electron chi connectivity index (χ2n) is 6.25. The van der Waals surface area contributed by atoms with Crippen LogP contribution in [-0.2, 0) is 0 Å². The first-order chi connectivity index (χ1) is 7.70. The van der Waals surface area contributed by atoms with Crippen LogP contribution in [0.15, 0.2) is 30.8 Å². The van der Waals surface area contributed by atoms with Crippen molar-refractivity contribution in [2.75, 3.05) is 0 Å². The summed E-state index contributed by atoms with van der Waals surface area (Å²) in [4.78, 5) is 0. The Hall–Kier alpha value is -0.863. The Labute approximate surface area is 106 Å². The molecule has 1 aromatic rings. The zero-order valence-corrected chi connectivity index (χ0v) is 12.6. The fraction of sp³-hybridized carbons (Fsp3) is 0.467. The van der Waals surface area contributed by atoms with Crippen molar-refractivity contribution in [2.45, 2.75) is 44.6 Å². The lowest BCUT2D eigenvalue weighted by Gasteiger charge is -2.40. The van der Waals surface area contributed by atoms with Crippen LogP contribution in [0.1, 0.15) is 37.6 Å². The first kappa shape index (κ1) is 14.2. The normalized spacial score (nSPS) is 14.5. The summed E-state index contributed by atoms with van der Waals surface area (Å²) in [6, 6.07) is 8.05. The quantitative estimate of drug-likeness (QED) is 0.786. The molecule has 94 valence electrons. The Kier molecular flexibility index (Phi) is 4.00. The van der Waals surface area contributed by atoms with Gasteiger partial charge >= 0.3 is 0 Å². The third-order valence-electron chi connectivity index (χ3n) is 4.08. The van der Waals surface area contributed by atoms with Gasteiger partial charge in [0.1, 0.15) is 0 Å². The van der Waals surface area contributed by atoms with Crippen molar-refractivity contribution in [1.29, 1.82) is 0 Å². The minimum Gasteiger partial charge on any atom is -0.392 e. The van der Waals surface area contributed by atoms with E-state index in [-0.39, 0.29) is 10.8 Å². The van der Waals surface area contributed by atoms with Crippen LogP contribution in [0, 0.1) is 0 Å². The van der Waals surface area contributed by atoms with Gasteiger partial charge in [0.2, 0.25) is 0 Å². The third kappa shape index (κ3) is 2.88. The highest BCUT2D eigenvalue weighted by atomic mass is 28.3. The van der Waals surface area contributed by atoms with E-state index >= 15 is 0 Å². The second-order valence-corrected chi connectivity index (χ2v) is 11.7. The first-order valence-corrected chi connectivity index (χ1v) is 9.18. The third-order valence-corrected chi connectivity index (χ3v) is 9.65. The van der Waals surface area contributed by atoms with Crippen molar-refractivity contribution in [2.24, 2.45) is 0 Å². The molecule has 0 aliphatic rings. The molecule has 17 heavy (non-hydrogen) atoms. The SMILES string of the molecule is C=Cc1cccc(C(O)[Si](C)(C)C(C)(C)C)c1. The van der Waals surface area contributed by atoms with Gasteiger partial charge in [0.15, 0.2) is 0 Å². The molecule has 0 spiro atoms. The molecular weight excluding hydrogens is 224 g/mol. The van der Waals surface area contributed by atoms with E-state index in [9.17, 15) is 5.11 Å². The summed E-state index contributed by atoms with van der Waals surface area (Å²) in [6.07, 6.45) is 1.82. The fourth-order valence-electron chi connectivity index (χ4n) is 1.68. The lowest BCUT2D eigenvalue weighted by atomic mass is 10.1. The summed E-state index contributed by atoms with van der Waals surface area (Å²) in [7, 11) is -1.76. The predicted molar refractivity (Wildman–Crippen MR) is 78.7 cm³/mol. The Morgan fingerprint density at radius 2 is 1.88 bits per heavy atom. The Balaban J connectivity index is 3.11. The minimum atomic E-state index is -1.76. The summed E-state index contributed by atoms with van der Waals surface area (Å²) in [5.41, 5.74) is 1.76. The molecule has 0 radical (unpaired) electrons. The Morgan fingerprint density at radius 3 is 2.35 bits per heavy atom. The van der Waals surface area contributed by atoms with Crippen LogP contribution >= 0.6 is 0 Å². The molecule has 0 amide bonds. The molecule has 0 saturated heterocycles. The number of aliphatic hydroxyl groups excluding tert-OH is 1. The summed E-state index contributed by atoms with van der Waals surface area (Å²) in [5.74, 6) is 0. The molecule has 0 aliphatic carbocycles. The zero-order chi connectivity index (χ0) is 13.3. The van der Waals surface area contributed by atoms with Gasteiger partial charge in [-0.25, -0.2) is 0 Å². The summed E-state index contributed by atoms with van der Waals surface area (Å²) in [5, 5.41) is 10.8. The predicted octanol–water partition coefficient (Wildman–Crippen LogP) is 4.41. The smallest absolute Gasteiger partial charge is 0.0922 e. The van der Waals surface area contributed by atoms with Gasteiger partial charge in [-0.05, 0) is 22.2 Å². The van der Waals surface area contributed by atoms with E-state index in [1.54, 1.807) is 0 Å². The molecule has 0 fully saturated rings. The molecule has 1 nitrogen and oxygen atoms in total. The fourth-order valence-corrected chi connectivity index (χ4v) is 3.52. The molecular formula is C15H24OSi. The summed E-state index contributed by atoms with van der Waals surface area (Å²) in [6.45, 7) is 14.9. The minimum absolute atomic E-state index is 0.177. The van der Waals surface area contributed by atoms with Gasteiger partial charge in [0.25, 0.3) is 0 Å². The topological polar surface area (TPSA) is 20.2 Å². The Bertz CT molecular complexity index is 402. The largest absolute Gasteiger partial charge is 0.392 e. The van der Waals surface area contributed by atoms with Crippen molar-refractivity contribution < 1.29 is 5.11 Å². The van der Waals surface area contributed by atoms with Crippen LogP contribution in [0.5, 0.6) is 0 Å². The van der Waals surface area contributed by atoms with Gasteiger partial charge in [-0.1, -0.05) is 64.7 Å². The molecule has 0 aromatic heterocycles. The van der Waals surface area contributed by atoms with Crippen LogP contribution in [0.25, 0.3) is 6.08 Å². The average molecular weight is 248 g/mol. The van der Waals surface area contributed by atoms with Gasteiger partial charge in [-0.2, -0.15) is 0 Å². The monoisotopic (exact) mass is 248 g/mol. The number of rotatable bonds is 3. The molecule has 0 saturated carbocycles. The Morgan fingerprint density at radius 1 is 1.29 bits per heavy atom. The summed E-state index contributed by atoms with van der Waals surface area (Å²) < 4.78 is 0. The van der Waals surface area contributed by atoms with Crippen LogP contribution in [0.4, 0.5) is 0 Å². The standard InChI is InChI=1S/C15H24OSi/c1-7-12-9-8-10-13(11-12)14(16)17(5,6)15(2,3)4/h7-11,14,16H,1H2,2-6H3. The highest BCUT2D eigenvalue weighted by molar-refractivity contribution is 6.81. The molecule has 1 atom stereocenters. The van der Waals surface area contributed by atoms with E-state index in [1.807, 2.05) is 30.3 Å². The van der Waals surface area contributed by atoms with E-state index < -0.39 is 8.07 Å². The summed E-state index contributed by atoms with van der Waals surface area (Å²) >= 11 is 0. The van der Waals surface area contributed by atoms with E-state index in [0.29, 0.717) is 0 Å². The zero-order valence-electron chi connectivity index (χ0n) is 11.6. The van der Waals surface area contributed by atoms with Gasteiger partial charge < -0.3 is 5.11 Å². The van der Waals surface area contributed by atoms with Gasteiger partial charge in [-0.15, -0.1) is 0 Å². The number of hydrogen-bond donors (Lipinski definition) is 1. The highest BCUT2D eigenvalue weighted by Crippen LogP contribution is 2.43. The molecule has 0 heterocycles. The highest BCUT2D eigenvalue weighted by Gasteiger charge is 2.42. The van der Waals surface area contributed by atoms with Crippen molar-refractivity contribution in [3.8, 4) is 0 Å². The molecule has 1 rings (SSSR count). The van der Waals surface area contributed by atoms with Crippen molar-refractivity contribution in [3.05, 3.63) is 42.0 Å². The van der Waals surface area contributed by atoms with Gasteiger partial charge in [0, 0.05) is 0 Å². The van der Waals surface area contributed by atoms with Crippen LogP contribution < -0.4 is 0 Å². The van der Waals surface area contributed by atoms with Crippen LogP contribution in [-0.4, -0.2) is 13.2 Å². The van der Waals surface area contributed by atoms with E-state index in [4.69, 9.17) is 0 Å². The van der Waals surface area contributed by atoms with Gasteiger partial charge in [0.05, 0.1) is 13.8 Å². The molecule has 0 bridgehead atoms. The number of aliphatic hydroxyl groups is 1. The first-order valence-electron chi connectivity index (χ1n) is 6.10. The van der Waals surface area contributed by atoms with Gasteiger partial charge in [-0.3, -0.25) is 0 Å². The number of hydrogen-bond acceptors (Lipinski definition) is 1. The van der Waals surface area contributed by atoms with Crippen LogP contribution in [0.2, 0.25) is 18.1 Å². The van der Waals surface area contributed by atoms with Crippen molar-refractivity contribution in [3.63, 3.8) is 0 Å². The maximum absolute atomic E-state index is 10.6. The van der Waals surface area contributed by atoms with E-state index in [2.05, 4.69) is 40.4 Å². The number of benzene rings is 1. The molecule has 1 unspecified atom stereocenters. The van der Waals surface area contributed by atoms with Crippen molar-refractivity contribution >= 4 is 14.1 Å².